The van der Waals surface area contributed by atoms with Crippen LogP contribution in [0.2, 0.25) is 0 Å². The topological polar surface area (TPSA) is 51.6 Å². The molecular weight excluding hydrogens is 609 g/mol. The molecule has 7 aromatic carbocycles. The molecule has 4 heteroatoms. The highest BCUT2D eigenvalue weighted by atomic mass is 15.0. The Bertz CT molecular complexity index is 2620. The third kappa shape index (κ3) is 5.59. The molecule has 9 rings (SSSR count). The van der Waals surface area contributed by atoms with Gasteiger partial charge in [-0.1, -0.05) is 158 Å². The van der Waals surface area contributed by atoms with Gasteiger partial charge >= 0.3 is 0 Å². The lowest BCUT2D eigenvalue weighted by molar-refractivity contribution is 1.07. The Morgan fingerprint density at radius 1 is 0.300 bits per heavy atom. The molecule has 0 saturated heterocycles. The fourth-order valence-corrected chi connectivity index (χ4v) is 6.63. The van der Waals surface area contributed by atoms with E-state index >= 15 is 0 Å². The zero-order valence-corrected chi connectivity index (χ0v) is 27.1. The average Bonchev–Trinajstić information content (AvgIpc) is 3.21. The van der Waals surface area contributed by atoms with Crippen LogP contribution in [-0.2, 0) is 0 Å². The lowest BCUT2D eigenvalue weighted by atomic mass is 9.93. The van der Waals surface area contributed by atoms with Gasteiger partial charge in [-0.2, -0.15) is 0 Å². The zero-order chi connectivity index (χ0) is 33.3. The minimum absolute atomic E-state index is 0.637. The fourth-order valence-electron chi connectivity index (χ4n) is 6.63. The van der Waals surface area contributed by atoms with Gasteiger partial charge in [0.05, 0.1) is 5.52 Å². The van der Waals surface area contributed by atoms with Crippen molar-refractivity contribution >= 4 is 21.7 Å². The summed E-state index contributed by atoms with van der Waals surface area (Å²) in [5.41, 5.74) is 10.8. The smallest absolute Gasteiger partial charge is 0.164 e. The summed E-state index contributed by atoms with van der Waals surface area (Å²) in [6, 6.07) is 61.0. The van der Waals surface area contributed by atoms with Crippen LogP contribution in [0, 0.1) is 0 Å². The van der Waals surface area contributed by atoms with E-state index in [1.165, 1.54) is 22.1 Å². The molecule has 9 aromatic rings. The minimum atomic E-state index is 0.637. The van der Waals surface area contributed by atoms with Gasteiger partial charge in [0.15, 0.2) is 17.5 Å². The lowest BCUT2D eigenvalue weighted by Crippen LogP contribution is -2.00. The van der Waals surface area contributed by atoms with Crippen molar-refractivity contribution < 1.29 is 0 Å². The fraction of sp³-hybridized carbons (Fsp3) is 0. The predicted molar refractivity (Wildman–Crippen MR) is 205 cm³/mol. The molecule has 0 N–H and O–H groups in total. The highest BCUT2D eigenvalue weighted by molar-refractivity contribution is 6.12. The highest BCUT2D eigenvalue weighted by Gasteiger charge is 2.14. The number of aromatic nitrogens is 4. The third-order valence-corrected chi connectivity index (χ3v) is 9.18. The van der Waals surface area contributed by atoms with Crippen molar-refractivity contribution in [3.8, 4) is 67.5 Å². The summed E-state index contributed by atoms with van der Waals surface area (Å²) in [6.45, 7) is 0. The van der Waals surface area contributed by atoms with E-state index in [9.17, 15) is 0 Å². The van der Waals surface area contributed by atoms with E-state index in [1.807, 2.05) is 48.7 Å². The second-order valence-corrected chi connectivity index (χ2v) is 12.3. The average molecular weight is 639 g/mol. The number of fused-ring (bicyclic) bond motifs is 3. The normalized spacial score (nSPS) is 11.2. The van der Waals surface area contributed by atoms with E-state index in [0.717, 1.165) is 49.7 Å². The molecule has 0 radical (unpaired) electrons. The molecule has 0 fully saturated rings. The molecule has 4 nitrogen and oxygen atoms in total. The van der Waals surface area contributed by atoms with Crippen molar-refractivity contribution in [2.75, 3.05) is 0 Å². The number of hydrogen-bond acceptors (Lipinski definition) is 4. The van der Waals surface area contributed by atoms with Crippen LogP contribution in [0.4, 0.5) is 0 Å². The van der Waals surface area contributed by atoms with Crippen LogP contribution in [0.1, 0.15) is 0 Å². The molecule has 2 heterocycles. The van der Waals surface area contributed by atoms with Crippen LogP contribution in [-0.4, -0.2) is 19.9 Å². The van der Waals surface area contributed by atoms with Gasteiger partial charge in [0.25, 0.3) is 0 Å². The molecule has 0 atom stereocenters. The summed E-state index contributed by atoms with van der Waals surface area (Å²) >= 11 is 0. The first-order valence-corrected chi connectivity index (χ1v) is 16.7. The standard InChI is InChI=1S/C46H30N4/c1-3-11-31(12-4-1)32-20-24-35(25-21-32)45-48-44(34-13-5-2-6-14-34)49-46(50-45)36-26-22-33(23-27-36)37-15-9-16-38(29-37)42-30-39-17-10-28-47-43(39)41-19-8-7-18-40(41)42/h1-30H. The molecule has 0 aliphatic rings. The first kappa shape index (κ1) is 29.4. The Kier molecular flexibility index (Phi) is 7.45. The Labute approximate surface area is 290 Å². The molecule has 0 aliphatic carbocycles. The Morgan fingerprint density at radius 3 is 1.40 bits per heavy atom. The van der Waals surface area contributed by atoms with Crippen LogP contribution in [0.15, 0.2) is 182 Å². The number of pyridine rings is 1. The molecular formula is C46H30N4. The molecule has 0 unspecified atom stereocenters. The van der Waals surface area contributed by atoms with Gasteiger partial charge in [0.2, 0.25) is 0 Å². The van der Waals surface area contributed by atoms with E-state index in [1.54, 1.807) is 0 Å². The van der Waals surface area contributed by atoms with Gasteiger partial charge in [0.1, 0.15) is 0 Å². The predicted octanol–water partition coefficient (Wildman–Crippen LogP) is 11.6. The molecule has 0 aliphatic heterocycles. The number of benzene rings is 7. The number of nitrogens with zero attached hydrogens (tertiary/aromatic N) is 4. The van der Waals surface area contributed by atoms with Crippen molar-refractivity contribution in [3.05, 3.63) is 182 Å². The first-order valence-electron chi connectivity index (χ1n) is 16.7. The van der Waals surface area contributed by atoms with Crippen LogP contribution in [0.5, 0.6) is 0 Å². The van der Waals surface area contributed by atoms with E-state index < -0.39 is 0 Å². The monoisotopic (exact) mass is 638 g/mol. The second kappa shape index (κ2) is 12.7. The van der Waals surface area contributed by atoms with Gasteiger partial charge in [-0.15, -0.1) is 0 Å². The van der Waals surface area contributed by atoms with Crippen LogP contribution < -0.4 is 0 Å². The molecule has 0 spiro atoms. The minimum Gasteiger partial charge on any atom is -0.256 e. The maximum absolute atomic E-state index is 4.98. The van der Waals surface area contributed by atoms with E-state index in [2.05, 4.69) is 138 Å². The van der Waals surface area contributed by atoms with E-state index in [0.29, 0.717) is 17.5 Å². The van der Waals surface area contributed by atoms with Gasteiger partial charge < -0.3 is 0 Å². The van der Waals surface area contributed by atoms with Gasteiger partial charge in [0, 0.05) is 33.7 Å². The van der Waals surface area contributed by atoms with Gasteiger partial charge in [-0.05, 0) is 57.0 Å². The second-order valence-electron chi connectivity index (χ2n) is 12.3. The van der Waals surface area contributed by atoms with Crippen LogP contribution >= 0.6 is 0 Å². The lowest BCUT2D eigenvalue weighted by Gasteiger charge is -2.12. The maximum atomic E-state index is 4.98. The summed E-state index contributed by atoms with van der Waals surface area (Å²) in [5, 5.41) is 3.49. The zero-order valence-electron chi connectivity index (χ0n) is 27.1. The van der Waals surface area contributed by atoms with Crippen molar-refractivity contribution in [2.24, 2.45) is 0 Å². The highest BCUT2D eigenvalue weighted by Crippen LogP contribution is 2.36. The summed E-state index contributed by atoms with van der Waals surface area (Å²) < 4.78 is 0. The quantitative estimate of drug-likeness (QED) is 0.170. The summed E-state index contributed by atoms with van der Waals surface area (Å²) in [4.78, 5) is 19.5. The third-order valence-electron chi connectivity index (χ3n) is 9.18. The summed E-state index contributed by atoms with van der Waals surface area (Å²) in [6.07, 6.45) is 1.86. The summed E-state index contributed by atoms with van der Waals surface area (Å²) in [5.74, 6) is 1.92. The van der Waals surface area contributed by atoms with Crippen LogP contribution in [0.25, 0.3) is 89.2 Å². The SMILES string of the molecule is c1ccc(-c2ccc(-c3nc(-c4ccccc4)nc(-c4ccc(-c5cccc(-c6cc7cccnc7c7ccccc67)c5)cc4)n3)cc2)cc1. The largest absolute Gasteiger partial charge is 0.256 e. The maximum Gasteiger partial charge on any atom is 0.164 e. The molecule has 234 valence electrons. The number of rotatable bonds is 6. The Hall–Kier alpha value is -6.78. The van der Waals surface area contributed by atoms with Crippen LogP contribution in [0.3, 0.4) is 0 Å². The van der Waals surface area contributed by atoms with Gasteiger partial charge in [-0.3, -0.25) is 4.98 Å². The molecule has 0 amide bonds. The molecule has 50 heavy (non-hydrogen) atoms. The Morgan fingerprint density at radius 2 is 0.760 bits per heavy atom. The van der Waals surface area contributed by atoms with Gasteiger partial charge in [-0.25, -0.2) is 15.0 Å². The molecule has 2 aromatic heterocycles. The van der Waals surface area contributed by atoms with Crippen molar-refractivity contribution in [1.82, 2.24) is 19.9 Å². The number of hydrogen-bond donors (Lipinski definition) is 0. The van der Waals surface area contributed by atoms with E-state index in [4.69, 9.17) is 15.0 Å². The Balaban J connectivity index is 1.08. The van der Waals surface area contributed by atoms with Crippen molar-refractivity contribution in [2.45, 2.75) is 0 Å². The first-order chi connectivity index (χ1) is 24.8. The van der Waals surface area contributed by atoms with Crippen molar-refractivity contribution in [1.29, 1.82) is 0 Å². The molecule has 0 saturated carbocycles. The van der Waals surface area contributed by atoms with Crippen molar-refractivity contribution in [3.63, 3.8) is 0 Å². The summed E-state index contributed by atoms with van der Waals surface area (Å²) in [7, 11) is 0. The molecule has 0 bridgehead atoms. The van der Waals surface area contributed by atoms with E-state index in [-0.39, 0.29) is 0 Å².